The largest absolute Gasteiger partial charge is 0.383 e. The van der Waals surface area contributed by atoms with Crippen LogP contribution in [-0.4, -0.2) is 48.8 Å². The zero-order valence-corrected chi connectivity index (χ0v) is 19.8. The minimum atomic E-state index is -0.0198. The summed E-state index contributed by atoms with van der Waals surface area (Å²) in [6.07, 6.45) is 3.47. The SMILES string of the molecule is COCCN(Cc1c(-c2ccccc2)noc1N1CCCCC1C)C(=O)c1cccc(C)c1. The quantitative estimate of drug-likeness (QED) is 0.468. The lowest BCUT2D eigenvalue weighted by Crippen LogP contribution is -2.39. The lowest BCUT2D eigenvalue weighted by molar-refractivity contribution is 0.0680. The molecule has 1 amide bonds. The molecule has 0 aliphatic carbocycles. The third-order valence-corrected chi connectivity index (χ3v) is 6.35. The van der Waals surface area contributed by atoms with Crippen LogP contribution in [0.2, 0.25) is 0 Å². The highest BCUT2D eigenvalue weighted by molar-refractivity contribution is 5.94. The summed E-state index contributed by atoms with van der Waals surface area (Å²) in [5.41, 5.74) is 4.47. The fraction of sp³-hybridized carbons (Fsp3) is 0.407. The molecular formula is C27H33N3O3. The summed E-state index contributed by atoms with van der Waals surface area (Å²) in [5, 5.41) is 4.49. The molecule has 1 aliphatic rings. The van der Waals surface area contributed by atoms with Crippen molar-refractivity contribution in [2.45, 2.75) is 45.7 Å². The van der Waals surface area contributed by atoms with Gasteiger partial charge in [0.1, 0.15) is 5.69 Å². The highest BCUT2D eigenvalue weighted by Gasteiger charge is 2.30. The van der Waals surface area contributed by atoms with Crippen LogP contribution in [0.1, 0.15) is 47.7 Å². The summed E-state index contributed by atoms with van der Waals surface area (Å²) in [4.78, 5) is 17.7. The maximum absolute atomic E-state index is 13.5. The third kappa shape index (κ3) is 5.28. The first-order valence-corrected chi connectivity index (χ1v) is 11.7. The van der Waals surface area contributed by atoms with Crippen LogP contribution in [0.15, 0.2) is 59.1 Å². The van der Waals surface area contributed by atoms with Gasteiger partial charge in [-0.25, -0.2) is 0 Å². The summed E-state index contributed by atoms with van der Waals surface area (Å²) in [6.45, 7) is 6.51. The van der Waals surface area contributed by atoms with E-state index in [2.05, 4.69) is 17.0 Å². The first kappa shape index (κ1) is 23.1. The number of anilines is 1. The number of ether oxygens (including phenoxy) is 1. The Morgan fingerprint density at radius 1 is 1.18 bits per heavy atom. The molecular weight excluding hydrogens is 414 g/mol. The summed E-state index contributed by atoms with van der Waals surface area (Å²) >= 11 is 0. The molecule has 2 heterocycles. The molecule has 6 nitrogen and oxygen atoms in total. The zero-order chi connectivity index (χ0) is 23.2. The van der Waals surface area contributed by atoms with Gasteiger partial charge in [0, 0.05) is 37.4 Å². The minimum Gasteiger partial charge on any atom is -0.383 e. The number of carbonyl (C=O) groups excluding carboxylic acids is 1. The second-order valence-electron chi connectivity index (χ2n) is 8.81. The number of hydrogen-bond acceptors (Lipinski definition) is 5. The van der Waals surface area contributed by atoms with Crippen LogP contribution in [0.5, 0.6) is 0 Å². The number of methoxy groups -OCH3 is 1. The maximum atomic E-state index is 13.5. The van der Waals surface area contributed by atoms with E-state index in [-0.39, 0.29) is 5.91 Å². The molecule has 0 N–H and O–H groups in total. The van der Waals surface area contributed by atoms with Crippen molar-refractivity contribution in [2.24, 2.45) is 0 Å². The summed E-state index contributed by atoms with van der Waals surface area (Å²) in [5.74, 6) is 0.758. The number of carbonyl (C=O) groups is 1. The molecule has 3 aromatic rings. The fourth-order valence-electron chi connectivity index (χ4n) is 4.50. The van der Waals surface area contributed by atoms with Crippen LogP contribution in [0, 0.1) is 6.92 Å². The van der Waals surface area contributed by atoms with Crippen LogP contribution >= 0.6 is 0 Å². The van der Waals surface area contributed by atoms with Crippen molar-refractivity contribution in [1.29, 1.82) is 0 Å². The predicted molar refractivity (Wildman–Crippen MR) is 130 cm³/mol. The number of piperidine rings is 1. The van der Waals surface area contributed by atoms with Crippen LogP contribution in [0.4, 0.5) is 5.88 Å². The molecule has 1 saturated heterocycles. The molecule has 1 fully saturated rings. The second-order valence-corrected chi connectivity index (χ2v) is 8.81. The number of aromatic nitrogens is 1. The smallest absolute Gasteiger partial charge is 0.254 e. The molecule has 2 aromatic carbocycles. The Bertz CT molecular complexity index is 1060. The number of rotatable bonds is 8. The van der Waals surface area contributed by atoms with Crippen LogP contribution < -0.4 is 4.90 Å². The Labute approximate surface area is 196 Å². The number of benzene rings is 2. The molecule has 0 saturated carbocycles. The van der Waals surface area contributed by atoms with Crippen molar-refractivity contribution in [3.63, 3.8) is 0 Å². The van der Waals surface area contributed by atoms with E-state index < -0.39 is 0 Å². The Hall–Kier alpha value is -3.12. The maximum Gasteiger partial charge on any atom is 0.254 e. The van der Waals surface area contributed by atoms with Gasteiger partial charge in [-0.2, -0.15) is 0 Å². The van der Waals surface area contributed by atoms with Crippen LogP contribution in [-0.2, 0) is 11.3 Å². The molecule has 1 unspecified atom stereocenters. The molecule has 1 atom stereocenters. The van der Waals surface area contributed by atoms with Crippen molar-refractivity contribution in [1.82, 2.24) is 10.1 Å². The number of nitrogens with zero attached hydrogens (tertiary/aromatic N) is 3. The van der Waals surface area contributed by atoms with E-state index in [0.717, 1.165) is 47.7 Å². The molecule has 0 spiro atoms. The lowest BCUT2D eigenvalue weighted by Gasteiger charge is -2.34. The predicted octanol–water partition coefficient (Wildman–Crippen LogP) is 5.32. The van der Waals surface area contributed by atoms with Gasteiger partial charge in [-0.1, -0.05) is 53.2 Å². The van der Waals surface area contributed by atoms with E-state index in [0.29, 0.717) is 31.3 Å². The molecule has 0 bridgehead atoms. The summed E-state index contributed by atoms with van der Waals surface area (Å²) in [6, 6.07) is 18.1. The first-order chi connectivity index (χ1) is 16.1. The highest BCUT2D eigenvalue weighted by Crippen LogP contribution is 2.35. The third-order valence-electron chi connectivity index (χ3n) is 6.35. The van der Waals surface area contributed by atoms with E-state index in [9.17, 15) is 4.79 Å². The van der Waals surface area contributed by atoms with E-state index in [1.54, 1.807) is 7.11 Å². The highest BCUT2D eigenvalue weighted by atomic mass is 16.5. The average Bonchev–Trinajstić information content (AvgIpc) is 3.25. The Balaban J connectivity index is 1.73. The Morgan fingerprint density at radius 2 is 2.00 bits per heavy atom. The van der Waals surface area contributed by atoms with Crippen molar-refractivity contribution < 1.29 is 14.1 Å². The molecule has 4 rings (SSSR count). The number of hydrogen-bond donors (Lipinski definition) is 0. The zero-order valence-electron chi connectivity index (χ0n) is 19.8. The second kappa shape index (κ2) is 10.7. The average molecular weight is 448 g/mol. The lowest BCUT2D eigenvalue weighted by atomic mass is 10.0. The number of aryl methyl sites for hydroxylation is 1. The Morgan fingerprint density at radius 3 is 2.73 bits per heavy atom. The Kier molecular flexibility index (Phi) is 7.45. The van der Waals surface area contributed by atoms with Crippen molar-refractivity contribution >= 4 is 11.8 Å². The monoisotopic (exact) mass is 447 g/mol. The standard InChI is InChI=1S/C27H33N3O3/c1-20-10-9-14-23(18-20)26(31)29(16-17-32-3)19-24-25(22-12-5-4-6-13-22)28-33-27(24)30-15-8-7-11-21(30)2/h4-6,9-10,12-14,18,21H,7-8,11,15-17,19H2,1-3H3. The van der Waals surface area contributed by atoms with Gasteiger partial charge in [0.2, 0.25) is 5.88 Å². The van der Waals surface area contributed by atoms with E-state index in [4.69, 9.17) is 9.26 Å². The van der Waals surface area contributed by atoms with Crippen molar-refractivity contribution in [2.75, 3.05) is 31.7 Å². The molecule has 1 aromatic heterocycles. The van der Waals surface area contributed by atoms with Gasteiger partial charge in [0.25, 0.3) is 5.91 Å². The van der Waals surface area contributed by atoms with Gasteiger partial charge in [-0.05, 0) is 45.2 Å². The van der Waals surface area contributed by atoms with Crippen LogP contribution in [0.3, 0.4) is 0 Å². The van der Waals surface area contributed by atoms with Crippen molar-refractivity contribution in [3.8, 4) is 11.3 Å². The molecule has 6 heteroatoms. The van der Waals surface area contributed by atoms with Crippen molar-refractivity contribution in [3.05, 3.63) is 71.3 Å². The fourth-order valence-corrected chi connectivity index (χ4v) is 4.50. The molecule has 33 heavy (non-hydrogen) atoms. The molecule has 1 aliphatic heterocycles. The molecule has 174 valence electrons. The van der Waals surface area contributed by atoms with Gasteiger partial charge in [-0.15, -0.1) is 0 Å². The number of amides is 1. The van der Waals surface area contributed by atoms with Gasteiger partial charge in [-0.3, -0.25) is 4.79 Å². The van der Waals surface area contributed by atoms with E-state index in [1.807, 2.05) is 66.4 Å². The molecule has 0 radical (unpaired) electrons. The normalized spacial score (nSPS) is 16.1. The van der Waals surface area contributed by atoms with Crippen LogP contribution in [0.25, 0.3) is 11.3 Å². The van der Waals surface area contributed by atoms with Gasteiger partial charge < -0.3 is 19.1 Å². The van der Waals surface area contributed by atoms with E-state index >= 15 is 0 Å². The van der Waals surface area contributed by atoms with E-state index in [1.165, 1.54) is 6.42 Å². The van der Waals surface area contributed by atoms with Gasteiger partial charge in [0.15, 0.2) is 0 Å². The van der Waals surface area contributed by atoms with Gasteiger partial charge in [0.05, 0.1) is 18.7 Å². The summed E-state index contributed by atoms with van der Waals surface area (Å²) in [7, 11) is 1.66. The first-order valence-electron chi connectivity index (χ1n) is 11.7. The topological polar surface area (TPSA) is 58.8 Å². The minimum absolute atomic E-state index is 0.0198. The summed E-state index contributed by atoms with van der Waals surface area (Å²) < 4.78 is 11.3. The van der Waals surface area contributed by atoms with Gasteiger partial charge >= 0.3 is 0 Å².